The molecule has 0 bridgehead atoms. The van der Waals surface area contributed by atoms with Crippen LogP contribution in [-0.4, -0.2) is 35.6 Å². The Morgan fingerprint density at radius 2 is 1.84 bits per heavy atom. The molecule has 1 N–H and O–H groups in total. The number of ether oxygens (including phenoxy) is 1. The van der Waals surface area contributed by atoms with Crippen LogP contribution < -0.4 is 15.0 Å². The molecule has 0 radical (unpaired) electrons. The lowest BCUT2D eigenvalue weighted by Gasteiger charge is -2.30. The van der Waals surface area contributed by atoms with Gasteiger partial charge in [0.2, 0.25) is 5.95 Å². The van der Waals surface area contributed by atoms with E-state index in [2.05, 4.69) is 27.1 Å². The molecule has 6 nitrogen and oxygen atoms in total. The summed E-state index contributed by atoms with van der Waals surface area (Å²) in [4.78, 5) is 22.9. The third-order valence-corrected chi connectivity index (χ3v) is 4.38. The molecular formula is C19H24N4O2. The first kappa shape index (κ1) is 17.2. The van der Waals surface area contributed by atoms with Crippen LogP contribution in [0.4, 0.5) is 11.6 Å². The lowest BCUT2D eigenvalue weighted by molar-refractivity contribution is -0.118. The quantitative estimate of drug-likeness (QED) is 0.906. The summed E-state index contributed by atoms with van der Waals surface area (Å²) in [6.45, 7) is 6.20. The van der Waals surface area contributed by atoms with Gasteiger partial charge >= 0.3 is 0 Å². The first-order chi connectivity index (χ1) is 12.1. The van der Waals surface area contributed by atoms with Gasteiger partial charge in [0.15, 0.2) is 6.61 Å². The number of benzene rings is 1. The van der Waals surface area contributed by atoms with Crippen molar-refractivity contribution in [2.75, 3.05) is 29.9 Å². The Balaban J connectivity index is 1.49. The van der Waals surface area contributed by atoms with Gasteiger partial charge in [-0.25, -0.2) is 9.97 Å². The number of hydrogen-bond donors (Lipinski definition) is 1. The second-order valence-electron chi connectivity index (χ2n) is 6.59. The van der Waals surface area contributed by atoms with Crippen LogP contribution in [0.3, 0.4) is 0 Å². The van der Waals surface area contributed by atoms with Crippen LogP contribution in [0.15, 0.2) is 36.7 Å². The van der Waals surface area contributed by atoms with Gasteiger partial charge in [-0.05, 0) is 37.8 Å². The van der Waals surface area contributed by atoms with Crippen molar-refractivity contribution in [2.24, 2.45) is 5.92 Å². The van der Waals surface area contributed by atoms with Crippen LogP contribution in [0, 0.1) is 12.8 Å². The van der Waals surface area contributed by atoms with E-state index >= 15 is 0 Å². The average molecular weight is 340 g/mol. The molecule has 132 valence electrons. The van der Waals surface area contributed by atoms with Gasteiger partial charge in [0.25, 0.3) is 5.91 Å². The number of anilines is 2. The number of nitrogens with zero attached hydrogens (tertiary/aromatic N) is 3. The van der Waals surface area contributed by atoms with E-state index < -0.39 is 0 Å². The summed E-state index contributed by atoms with van der Waals surface area (Å²) >= 11 is 0. The first-order valence-electron chi connectivity index (χ1n) is 8.66. The number of hydrogen-bond acceptors (Lipinski definition) is 5. The van der Waals surface area contributed by atoms with Gasteiger partial charge in [-0.15, -0.1) is 0 Å². The molecule has 1 aromatic carbocycles. The highest BCUT2D eigenvalue weighted by Crippen LogP contribution is 2.20. The van der Waals surface area contributed by atoms with E-state index in [-0.39, 0.29) is 12.5 Å². The molecule has 2 heterocycles. The molecule has 0 atom stereocenters. The molecular weight excluding hydrogens is 316 g/mol. The summed E-state index contributed by atoms with van der Waals surface area (Å²) in [5, 5.41) is 2.75. The van der Waals surface area contributed by atoms with Gasteiger partial charge in [0.05, 0.1) is 18.1 Å². The van der Waals surface area contributed by atoms with Crippen molar-refractivity contribution in [3.05, 3.63) is 42.2 Å². The van der Waals surface area contributed by atoms with Crippen molar-refractivity contribution in [3.8, 4) is 5.75 Å². The zero-order valence-electron chi connectivity index (χ0n) is 14.7. The zero-order chi connectivity index (χ0) is 17.6. The predicted octanol–water partition coefficient (Wildman–Crippen LogP) is 3.04. The van der Waals surface area contributed by atoms with E-state index in [4.69, 9.17) is 4.74 Å². The molecule has 0 saturated carbocycles. The van der Waals surface area contributed by atoms with Crippen LogP contribution >= 0.6 is 0 Å². The van der Waals surface area contributed by atoms with E-state index in [1.807, 2.05) is 31.2 Å². The van der Waals surface area contributed by atoms with Gasteiger partial charge in [-0.3, -0.25) is 4.79 Å². The SMILES string of the molecule is Cc1ccc(OCC(=O)Nc2cnc(N3CCC(C)CC3)nc2)cc1. The summed E-state index contributed by atoms with van der Waals surface area (Å²) in [6.07, 6.45) is 5.62. The topological polar surface area (TPSA) is 67.3 Å². The number of piperidine rings is 1. The maximum absolute atomic E-state index is 12.0. The minimum atomic E-state index is -0.233. The lowest BCUT2D eigenvalue weighted by Crippen LogP contribution is -2.34. The van der Waals surface area contributed by atoms with Gasteiger partial charge in [0, 0.05) is 13.1 Å². The maximum atomic E-state index is 12.0. The summed E-state index contributed by atoms with van der Waals surface area (Å²) in [5.41, 5.74) is 1.73. The van der Waals surface area contributed by atoms with Crippen LogP contribution in [0.1, 0.15) is 25.3 Å². The number of rotatable bonds is 5. The van der Waals surface area contributed by atoms with Crippen molar-refractivity contribution in [1.29, 1.82) is 0 Å². The first-order valence-corrected chi connectivity index (χ1v) is 8.66. The minimum absolute atomic E-state index is 0.0468. The van der Waals surface area contributed by atoms with Gasteiger partial charge in [-0.2, -0.15) is 0 Å². The molecule has 1 aliphatic rings. The number of carbonyl (C=O) groups is 1. The molecule has 6 heteroatoms. The number of aromatic nitrogens is 2. The van der Waals surface area contributed by atoms with Crippen molar-refractivity contribution in [2.45, 2.75) is 26.7 Å². The van der Waals surface area contributed by atoms with Crippen molar-refractivity contribution >= 4 is 17.5 Å². The molecule has 25 heavy (non-hydrogen) atoms. The van der Waals surface area contributed by atoms with Crippen LogP contribution in [0.25, 0.3) is 0 Å². The lowest BCUT2D eigenvalue weighted by atomic mass is 10.00. The summed E-state index contributed by atoms with van der Waals surface area (Å²) < 4.78 is 5.46. The highest BCUT2D eigenvalue weighted by atomic mass is 16.5. The monoisotopic (exact) mass is 340 g/mol. The smallest absolute Gasteiger partial charge is 0.262 e. The molecule has 3 rings (SSSR count). The number of aryl methyl sites for hydroxylation is 1. The predicted molar refractivity (Wildman–Crippen MR) is 97.9 cm³/mol. The molecule has 1 amide bonds. The third-order valence-electron chi connectivity index (χ3n) is 4.38. The van der Waals surface area contributed by atoms with E-state index in [9.17, 15) is 4.79 Å². The molecule has 1 aromatic heterocycles. The molecule has 0 aliphatic carbocycles. The van der Waals surface area contributed by atoms with Crippen molar-refractivity contribution < 1.29 is 9.53 Å². The number of nitrogens with one attached hydrogen (secondary N) is 1. The van der Waals surface area contributed by atoms with Gasteiger partial charge in [-0.1, -0.05) is 24.6 Å². The Kier molecular flexibility index (Phi) is 5.48. The standard InChI is InChI=1S/C19H24N4O2/c1-14-3-5-17(6-4-14)25-13-18(24)22-16-11-20-19(21-12-16)23-9-7-15(2)8-10-23/h3-6,11-12,15H,7-10,13H2,1-2H3,(H,22,24). The highest BCUT2D eigenvalue weighted by Gasteiger charge is 2.17. The molecule has 1 saturated heterocycles. The largest absolute Gasteiger partial charge is 0.484 e. The van der Waals surface area contributed by atoms with Gasteiger partial charge in [0.1, 0.15) is 5.75 Å². The summed E-state index contributed by atoms with van der Waals surface area (Å²) in [6, 6.07) is 7.59. The fourth-order valence-corrected chi connectivity index (χ4v) is 2.74. The summed E-state index contributed by atoms with van der Waals surface area (Å²) in [7, 11) is 0. The van der Waals surface area contributed by atoms with Crippen molar-refractivity contribution in [1.82, 2.24) is 9.97 Å². The Hall–Kier alpha value is -2.63. The van der Waals surface area contributed by atoms with E-state index in [1.165, 1.54) is 0 Å². The molecule has 0 spiro atoms. The van der Waals surface area contributed by atoms with Gasteiger partial charge < -0.3 is 15.0 Å². The van der Waals surface area contributed by atoms with E-state index in [0.29, 0.717) is 11.4 Å². The second-order valence-corrected chi connectivity index (χ2v) is 6.59. The molecule has 1 fully saturated rings. The fraction of sp³-hybridized carbons (Fsp3) is 0.421. The Labute approximate surface area is 148 Å². The second kappa shape index (κ2) is 7.96. The highest BCUT2D eigenvalue weighted by molar-refractivity contribution is 5.91. The van der Waals surface area contributed by atoms with Crippen LogP contribution in [-0.2, 0) is 4.79 Å². The Morgan fingerprint density at radius 1 is 1.20 bits per heavy atom. The van der Waals surface area contributed by atoms with Crippen LogP contribution in [0.5, 0.6) is 5.75 Å². The van der Waals surface area contributed by atoms with E-state index in [0.717, 1.165) is 43.4 Å². The normalized spacial score (nSPS) is 15.0. The number of carbonyl (C=O) groups excluding carboxylic acids is 1. The maximum Gasteiger partial charge on any atom is 0.262 e. The number of amides is 1. The van der Waals surface area contributed by atoms with E-state index in [1.54, 1.807) is 12.4 Å². The summed E-state index contributed by atoms with van der Waals surface area (Å²) in [5.74, 6) is 1.93. The Morgan fingerprint density at radius 3 is 2.48 bits per heavy atom. The minimum Gasteiger partial charge on any atom is -0.484 e. The molecule has 1 aliphatic heterocycles. The average Bonchev–Trinajstić information content (AvgIpc) is 2.63. The molecule has 0 unspecified atom stereocenters. The van der Waals surface area contributed by atoms with Crippen LogP contribution in [0.2, 0.25) is 0 Å². The molecule has 2 aromatic rings. The zero-order valence-corrected chi connectivity index (χ0v) is 14.7. The van der Waals surface area contributed by atoms with Crippen molar-refractivity contribution in [3.63, 3.8) is 0 Å². The third kappa shape index (κ3) is 4.92. The Bertz CT molecular complexity index is 692. The fourth-order valence-electron chi connectivity index (χ4n) is 2.74.